The third kappa shape index (κ3) is 4.99. The van der Waals surface area contributed by atoms with E-state index in [0.717, 1.165) is 58.8 Å². The lowest BCUT2D eigenvalue weighted by molar-refractivity contribution is 0.0676. The van der Waals surface area contributed by atoms with Gasteiger partial charge in [-0.05, 0) is 58.4 Å². The van der Waals surface area contributed by atoms with Gasteiger partial charge in [-0.1, -0.05) is 20.8 Å². The second-order valence-electron chi connectivity index (χ2n) is 5.85. The number of rotatable bonds is 9. The molecule has 1 unspecified atom stereocenters. The molecule has 0 aromatic rings. The fourth-order valence-electron chi connectivity index (χ4n) is 3.40. The average molecular weight is 285 g/mol. The van der Waals surface area contributed by atoms with Gasteiger partial charge in [0, 0.05) is 25.3 Å². The van der Waals surface area contributed by atoms with E-state index in [9.17, 15) is 0 Å². The van der Waals surface area contributed by atoms with Crippen molar-refractivity contribution in [3.05, 3.63) is 0 Å². The molecule has 2 N–H and O–H groups in total. The van der Waals surface area contributed by atoms with Crippen LogP contribution in [0.3, 0.4) is 0 Å². The van der Waals surface area contributed by atoms with Crippen molar-refractivity contribution >= 4 is 0 Å². The van der Waals surface area contributed by atoms with Crippen LogP contribution in [-0.4, -0.2) is 67.8 Å². The molecule has 0 radical (unpaired) electrons. The first-order chi connectivity index (χ1) is 9.72. The van der Waals surface area contributed by atoms with Crippen LogP contribution in [0.5, 0.6) is 0 Å². The van der Waals surface area contributed by atoms with Gasteiger partial charge in [0.05, 0.1) is 0 Å². The Labute approximate surface area is 125 Å². The van der Waals surface area contributed by atoms with E-state index >= 15 is 0 Å². The Morgan fingerprint density at radius 3 is 2.35 bits per heavy atom. The molecule has 0 aromatic heterocycles. The highest BCUT2D eigenvalue weighted by Gasteiger charge is 2.34. The summed E-state index contributed by atoms with van der Waals surface area (Å²) in [7, 11) is 0. The monoisotopic (exact) mass is 285 g/mol. The Kier molecular flexibility index (Phi) is 8.69. The van der Waals surface area contributed by atoms with Gasteiger partial charge in [-0.2, -0.15) is 0 Å². The van der Waals surface area contributed by atoms with Crippen LogP contribution < -0.4 is 5.73 Å². The third-order valence-corrected chi connectivity index (χ3v) is 4.87. The van der Waals surface area contributed by atoms with Crippen LogP contribution in [0.1, 0.15) is 46.5 Å². The van der Waals surface area contributed by atoms with Crippen molar-refractivity contribution in [2.45, 2.75) is 52.0 Å². The van der Waals surface area contributed by atoms with Gasteiger partial charge in [-0.25, -0.2) is 0 Å². The molecule has 1 fully saturated rings. The van der Waals surface area contributed by atoms with E-state index in [1.54, 1.807) is 0 Å². The zero-order valence-corrected chi connectivity index (χ0v) is 13.9. The molecule has 1 heterocycles. The van der Waals surface area contributed by atoms with Gasteiger partial charge in [-0.15, -0.1) is 0 Å². The smallest absolute Gasteiger partial charge is 0.0484 e. The van der Waals surface area contributed by atoms with Gasteiger partial charge in [0.1, 0.15) is 0 Å². The average Bonchev–Trinajstić information content (AvgIpc) is 2.74. The fraction of sp³-hybridized carbons (Fsp3) is 1.00. The predicted octanol–water partition coefficient (Wildman–Crippen LogP) is 1.94. The van der Waals surface area contributed by atoms with Crippen molar-refractivity contribution < 1.29 is 4.74 Å². The maximum atomic E-state index is 6.16. The topological polar surface area (TPSA) is 41.7 Å². The van der Waals surface area contributed by atoms with Gasteiger partial charge in [0.25, 0.3) is 0 Å². The number of likely N-dealkylation sites (N-methyl/N-ethyl adjacent to an activating group) is 1. The standard InChI is InChI=1S/C16H35N3O/c1-4-18(5-2)11-8-12-19(6-3)16(15-17)9-7-13-20-14-10-16/h4-15,17H2,1-3H3. The molecule has 120 valence electrons. The van der Waals surface area contributed by atoms with Gasteiger partial charge in [-0.3, -0.25) is 4.90 Å². The summed E-state index contributed by atoms with van der Waals surface area (Å²) in [5, 5.41) is 0. The quantitative estimate of drug-likeness (QED) is 0.703. The van der Waals surface area contributed by atoms with Gasteiger partial charge in [0.15, 0.2) is 0 Å². The zero-order chi connectivity index (χ0) is 14.8. The van der Waals surface area contributed by atoms with E-state index in [1.165, 1.54) is 19.4 Å². The van der Waals surface area contributed by atoms with Crippen molar-refractivity contribution in [3.63, 3.8) is 0 Å². The van der Waals surface area contributed by atoms with Crippen molar-refractivity contribution in [1.82, 2.24) is 9.80 Å². The van der Waals surface area contributed by atoms with E-state index in [2.05, 4.69) is 30.6 Å². The Hall–Kier alpha value is -0.160. The zero-order valence-electron chi connectivity index (χ0n) is 13.9. The van der Waals surface area contributed by atoms with Gasteiger partial charge >= 0.3 is 0 Å². The van der Waals surface area contributed by atoms with Gasteiger partial charge in [0.2, 0.25) is 0 Å². The number of hydrogen-bond acceptors (Lipinski definition) is 4. The van der Waals surface area contributed by atoms with Crippen LogP contribution >= 0.6 is 0 Å². The summed E-state index contributed by atoms with van der Waals surface area (Å²) in [6, 6.07) is 0. The minimum Gasteiger partial charge on any atom is -0.381 e. The number of ether oxygens (including phenoxy) is 1. The van der Waals surface area contributed by atoms with E-state index < -0.39 is 0 Å². The van der Waals surface area contributed by atoms with Gasteiger partial charge < -0.3 is 15.4 Å². The second-order valence-corrected chi connectivity index (χ2v) is 5.85. The third-order valence-electron chi connectivity index (χ3n) is 4.87. The minimum absolute atomic E-state index is 0.175. The molecule has 4 heteroatoms. The van der Waals surface area contributed by atoms with Crippen molar-refractivity contribution in [1.29, 1.82) is 0 Å². The molecule has 1 saturated heterocycles. The van der Waals surface area contributed by atoms with Crippen LogP contribution in [0, 0.1) is 0 Å². The summed E-state index contributed by atoms with van der Waals surface area (Å²) in [6.45, 7) is 15.0. The summed E-state index contributed by atoms with van der Waals surface area (Å²) in [4.78, 5) is 5.12. The number of nitrogens with two attached hydrogens (primary N) is 1. The summed E-state index contributed by atoms with van der Waals surface area (Å²) in [5.41, 5.74) is 6.34. The summed E-state index contributed by atoms with van der Waals surface area (Å²) in [5.74, 6) is 0. The van der Waals surface area contributed by atoms with E-state index in [1.807, 2.05) is 0 Å². The van der Waals surface area contributed by atoms with Crippen molar-refractivity contribution in [2.75, 3.05) is 52.5 Å². The molecule has 0 aliphatic carbocycles. The Morgan fingerprint density at radius 2 is 1.75 bits per heavy atom. The van der Waals surface area contributed by atoms with Crippen molar-refractivity contribution in [2.24, 2.45) is 5.73 Å². The van der Waals surface area contributed by atoms with Crippen LogP contribution in [-0.2, 0) is 4.74 Å². The molecule has 1 rings (SSSR count). The first kappa shape index (κ1) is 17.9. The summed E-state index contributed by atoms with van der Waals surface area (Å²) < 4.78 is 5.63. The van der Waals surface area contributed by atoms with Crippen LogP contribution in [0.2, 0.25) is 0 Å². The molecule has 0 amide bonds. The molecule has 1 atom stereocenters. The maximum absolute atomic E-state index is 6.16. The molecule has 0 bridgehead atoms. The van der Waals surface area contributed by atoms with Crippen LogP contribution in [0.25, 0.3) is 0 Å². The van der Waals surface area contributed by atoms with Crippen LogP contribution in [0.15, 0.2) is 0 Å². The molecule has 20 heavy (non-hydrogen) atoms. The SMILES string of the molecule is CCN(CC)CCCN(CC)C1(CN)CCCOCC1. The Bertz CT molecular complexity index is 236. The first-order valence-electron chi connectivity index (χ1n) is 8.47. The lowest BCUT2D eigenvalue weighted by Crippen LogP contribution is -2.54. The lowest BCUT2D eigenvalue weighted by atomic mass is 9.88. The molecule has 4 nitrogen and oxygen atoms in total. The second kappa shape index (κ2) is 9.72. The largest absolute Gasteiger partial charge is 0.381 e. The summed E-state index contributed by atoms with van der Waals surface area (Å²) >= 11 is 0. The highest BCUT2D eigenvalue weighted by atomic mass is 16.5. The number of nitrogens with zero attached hydrogens (tertiary/aromatic N) is 2. The Morgan fingerprint density at radius 1 is 1.00 bits per heavy atom. The highest BCUT2D eigenvalue weighted by molar-refractivity contribution is 4.92. The molecule has 0 aromatic carbocycles. The molecule has 0 spiro atoms. The molecule has 0 saturated carbocycles. The highest BCUT2D eigenvalue weighted by Crippen LogP contribution is 2.27. The maximum Gasteiger partial charge on any atom is 0.0484 e. The van der Waals surface area contributed by atoms with Crippen molar-refractivity contribution in [3.8, 4) is 0 Å². The first-order valence-corrected chi connectivity index (χ1v) is 8.47. The molecule has 1 aliphatic heterocycles. The van der Waals surface area contributed by atoms with E-state index in [-0.39, 0.29) is 5.54 Å². The van der Waals surface area contributed by atoms with E-state index in [0.29, 0.717) is 0 Å². The van der Waals surface area contributed by atoms with E-state index in [4.69, 9.17) is 10.5 Å². The fourth-order valence-corrected chi connectivity index (χ4v) is 3.40. The number of hydrogen-bond donors (Lipinski definition) is 1. The Balaban J connectivity index is 2.53. The van der Waals surface area contributed by atoms with Crippen LogP contribution in [0.4, 0.5) is 0 Å². The lowest BCUT2D eigenvalue weighted by Gasteiger charge is -2.42. The molecular weight excluding hydrogens is 250 g/mol. The normalized spacial score (nSPS) is 24.3. The molecular formula is C16H35N3O. The predicted molar refractivity (Wildman–Crippen MR) is 86.1 cm³/mol. The minimum atomic E-state index is 0.175. The molecule has 1 aliphatic rings. The summed E-state index contributed by atoms with van der Waals surface area (Å²) in [6.07, 6.45) is 4.65.